The van der Waals surface area contributed by atoms with Gasteiger partial charge in [-0.3, -0.25) is 14.6 Å². The zero-order valence-electron chi connectivity index (χ0n) is 18.9. The summed E-state index contributed by atoms with van der Waals surface area (Å²) >= 11 is 6.14. The number of hydrogen-bond acceptors (Lipinski definition) is 4. The number of morpholine rings is 1. The first-order valence-electron chi connectivity index (χ1n) is 11.2. The van der Waals surface area contributed by atoms with Gasteiger partial charge >= 0.3 is 0 Å². The predicted octanol–water partition coefficient (Wildman–Crippen LogP) is 3.52. The number of likely N-dealkylation sites (tertiary alicyclic amines) is 1. The molecule has 0 aliphatic carbocycles. The van der Waals surface area contributed by atoms with Crippen molar-refractivity contribution in [3.8, 4) is 0 Å². The van der Waals surface area contributed by atoms with Crippen molar-refractivity contribution in [3.63, 3.8) is 0 Å². The van der Waals surface area contributed by atoms with Crippen molar-refractivity contribution in [2.45, 2.75) is 25.3 Å². The average molecular weight is 573 g/mol. The molecule has 9 heteroatoms. The van der Waals surface area contributed by atoms with Gasteiger partial charge in [0.15, 0.2) is 5.96 Å². The van der Waals surface area contributed by atoms with Crippen molar-refractivity contribution in [2.24, 2.45) is 12.0 Å². The quantitative estimate of drug-likeness (QED) is 0.326. The summed E-state index contributed by atoms with van der Waals surface area (Å²) in [6.07, 6.45) is 5.25. The second-order valence-electron chi connectivity index (χ2n) is 8.29. The molecule has 3 heterocycles. The number of aliphatic imine (C=N–C) groups is 1. The molecule has 0 spiro atoms. The van der Waals surface area contributed by atoms with E-state index in [-0.39, 0.29) is 30.0 Å². The lowest BCUT2D eigenvalue weighted by molar-refractivity contribution is 0.0179. The topological polar surface area (TPSA) is 57.9 Å². The van der Waals surface area contributed by atoms with Crippen LogP contribution in [0, 0.1) is 0 Å². The van der Waals surface area contributed by atoms with Crippen molar-refractivity contribution < 1.29 is 4.74 Å². The lowest BCUT2D eigenvalue weighted by atomic mass is 10.0. The fourth-order valence-electron chi connectivity index (χ4n) is 4.48. The molecule has 2 fully saturated rings. The Hall–Kier alpha value is -1.36. The molecule has 1 aromatic carbocycles. The van der Waals surface area contributed by atoms with E-state index in [0.29, 0.717) is 12.5 Å². The minimum atomic E-state index is 0. The first-order valence-corrected chi connectivity index (χ1v) is 11.6. The van der Waals surface area contributed by atoms with E-state index in [1.54, 1.807) is 0 Å². The smallest absolute Gasteiger partial charge is 0.194 e. The second-order valence-corrected chi connectivity index (χ2v) is 8.73. The van der Waals surface area contributed by atoms with Gasteiger partial charge in [0.2, 0.25) is 0 Å². The molecule has 1 aromatic heterocycles. The number of ether oxygens (including phenoxy) is 1. The second kappa shape index (κ2) is 12.2. The molecule has 4 rings (SSSR count). The zero-order valence-corrected chi connectivity index (χ0v) is 22.0. The van der Waals surface area contributed by atoms with Crippen LogP contribution in [0.25, 0.3) is 0 Å². The highest BCUT2D eigenvalue weighted by Crippen LogP contribution is 2.28. The Morgan fingerprint density at radius 3 is 2.66 bits per heavy atom. The molecule has 0 amide bonds. The molecule has 2 unspecified atom stereocenters. The number of aromatic nitrogens is 2. The maximum Gasteiger partial charge on any atom is 0.194 e. The number of nitrogens with zero attached hydrogens (tertiary/aromatic N) is 5. The van der Waals surface area contributed by atoms with Crippen LogP contribution in [0.4, 0.5) is 0 Å². The van der Waals surface area contributed by atoms with Crippen LogP contribution in [0.1, 0.15) is 36.4 Å². The van der Waals surface area contributed by atoms with Gasteiger partial charge in [-0.05, 0) is 36.6 Å². The summed E-state index contributed by atoms with van der Waals surface area (Å²) in [7, 11) is 1.98. The lowest BCUT2D eigenvalue weighted by Gasteiger charge is -2.34. The van der Waals surface area contributed by atoms with E-state index in [2.05, 4.69) is 45.5 Å². The first kappa shape index (κ1) is 25.3. The van der Waals surface area contributed by atoms with E-state index in [9.17, 15) is 0 Å². The molecular formula is C23H34ClIN6O. The van der Waals surface area contributed by atoms with Gasteiger partial charge in [-0.25, -0.2) is 0 Å². The number of aryl methyl sites for hydroxylation is 1. The number of halogens is 2. The van der Waals surface area contributed by atoms with Gasteiger partial charge in [0.1, 0.15) is 0 Å². The van der Waals surface area contributed by atoms with Gasteiger partial charge in [-0.15, -0.1) is 24.0 Å². The molecule has 2 aliphatic heterocycles. The van der Waals surface area contributed by atoms with Gasteiger partial charge in [-0.1, -0.05) is 23.7 Å². The summed E-state index contributed by atoms with van der Waals surface area (Å²) in [5.74, 6) is 1.50. The van der Waals surface area contributed by atoms with Crippen molar-refractivity contribution in [1.82, 2.24) is 24.9 Å². The molecule has 176 valence electrons. The molecule has 2 aromatic rings. The van der Waals surface area contributed by atoms with Crippen LogP contribution in [-0.4, -0.2) is 78.0 Å². The minimum absolute atomic E-state index is 0. The maximum atomic E-state index is 6.14. The van der Waals surface area contributed by atoms with Crippen molar-refractivity contribution in [1.29, 1.82) is 0 Å². The molecule has 0 radical (unpaired) electrons. The van der Waals surface area contributed by atoms with Gasteiger partial charge in [-0.2, -0.15) is 5.10 Å². The Balaban J connectivity index is 0.00000289. The zero-order chi connectivity index (χ0) is 21.6. The molecular weight excluding hydrogens is 539 g/mol. The number of rotatable bonds is 6. The highest BCUT2D eigenvalue weighted by Gasteiger charge is 2.28. The lowest BCUT2D eigenvalue weighted by Crippen LogP contribution is -2.42. The van der Waals surface area contributed by atoms with Crippen LogP contribution in [0.3, 0.4) is 0 Å². The Morgan fingerprint density at radius 2 is 2.00 bits per heavy atom. The van der Waals surface area contributed by atoms with Crippen LogP contribution in [0.2, 0.25) is 5.02 Å². The third kappa shape index (κ3) is 6.36. The summed E-state index contributed by atoms with van der Waals surface area (Å²) < 4.78 is 7.47. The largest absolute Gasteiger partial charge is 0.379 e. The normalized spacial score (nSPS) is 20.8. The predicted molar refractivity (Wildman–Crippen MR) is 140 cm³/mol. The Morgan fingerprint density at radius 1 is 1.25 bits per heavy atom. The third-order valence-corrected chi connectivity index (χ3v) is 6.43. The van der Waals surface area contributed by atoms with Crippen molar-refractivity contribution in [3.05, 3.63) is 52.8 Å². The van der Waals surface area contributed by atoms with Gasteiger partial charge in [0.25, 0.3) is 0 Å². The molecule has 2 aliphatic rings. The average Bonchev–Trinajstić information content (AvgIpc) is 3.44. The van der Waals surface area contributed by atoms with Gasteiger partial charge in [0.05, 0.1) is 32.0 Å². The number of hydrogen-bond donors (Lipinski definition) is 1. The number of guanidine groups is 1. The standard InChI is InChI=1S/C23H33ClN6O.HI/c1-3-25-23(30-9-8-19(17-30)20-14-27-28(2)16-20)26-15-22(29-10-12-31-13-11-29)18-4-6-21(24)7-5-18;/h4-7,14,16,19,22H,3,8-13,15,17H2,1-2H3,(H,25,26);1H. The summed E-state index contributed by atoms with van der Waals surface area (Å²) in [4.78, 5) is 9.96. The minimum Gasteiger partial charge on any atom is -0.379 e. The number of nitrogens with one attached hydrogen (secondary N) is 1. The molecule has 32 heavy (non-hydrogen) atoms. The van der Waals surface area contributed by atoms with Crippen LogP contribution in [0.15, 0.2) is 41.7 Å². The number of benzene rings is 1. The highest BCUT2D eigenvalue weighted by atomic mass is 127. The van der Waals surface area contributed by atoms with Crippen molar-refractivity contribution >= 4 is 41.5 Å². The van der Waals surface area contributed by atoms with E-state index >= 15 is 0 Å². The maximum absolute atomic E-state index is 6.14. The molecule has 2 atom stereocenters. The van der Waals surface area contributed by atoms with Crippen LogP contribution < -0.4 is 5.32 Å². The Labute approximate surface area is 213 Å². The van der Waals surface area contributed by atoms with Gasteiger partial charge < -0.3 is 15.0 Å². The first-order chi connectivity index (χ1) is 15.1. The summed E-state index contributed by atoms with van der Waals surface area (Å²) in [5, 5.41) is 8.62. The molecule has 0 bridgehead atoms. The Bertz CT molecular complexity index is 868. The summed E-state index contributed by atoms with van der Waals surface area (Å²) in [6.45, 7) is 9.06. The van der Waals surface area contributed by atoms with Crippen LogP contribution >= 0.6 is 35.6 Å². The summed E-state index contributed by atoms with van der Waals surface area (Å²) in [6, 6.07) is 8.40. The van der Waals surface area contributed by atoms with E-state index in [4.69, 9.17) is 21.3 Å². The van der Waals surface area contributed by atoms with E-state index in [0.717, 1.165) is 63.3 Å². The fraction of sp³-hybridized carbons (Fsp3) is 0.565. The molecule has 7 nitrogen and oxygen atoms in total. The summed E-state index contributed by atoms with van der Waals surface area (Å²) in [5.41, 5.74) is 2.56. The molecule has 2 saturated heterocycles. The SMILES string of the molecule is CCNC(=NCC(c1ccc(Cl)cc1)N1CCOCC1)N1CCC(c2cnn(C)c2)C1.I. The Kier molecular flexibility index (Phi) is 9.63. The van der Waals surface area contributed by atoms with Gasteiger partial charge in [0, 0.05) is 56.9 Å². The van der Waals surface area contributed by atoms with E-state index < -0.39 is 0 Å². The molecule has 1 N–H and O–H groups in total. The van der Waals surface area contributed by atoms with Crippen LogP contribution in [-0.2, 0) is 11.8 Å². The monoisotopic (exact) mass is 572 g/mol. The van der Waals surface area contributed by atoms with Crippen LogP contribution in [0.5, 0.6) is 0 Å². The van der Waals surface area contributed by atoms with Crippen molar-refractivity contribution in [2.75, 3.05) is 52.5 Å². The highest BCUT2D eigenvalue weighted by molar-refractivity contribution is 14.0. The fourth-order valence-corrected chi connectivity index (χ4v) is 4.61. The third-order valence-electron chi connectivity index (χ3n) is 6.17. The van der Waals surface area contributed by atoms with E-state index in [1.807, 2.05) is 30.1 Å². The van der Waals surface area contributed by atoms with E-state index in [1.165, 1.54) is 11.1 Å². The molecule has 0 saturated carbocycles.